The van der Waals surface area contributed by atoms with Crippen LogP contribution >= 0.6 is 11.8 Å². The number of rotatable bonds is 8. The minimum Gasteiger partial charge on any atom is -0.465 e. The zero-order valence-electron chi connectivity index (χ0n) is 18.0. The van der Waals surface area contributed by atoms with Crippen LogP contribution in [-0.2, 0) is 10.5 Å². The average molecular weight is 473 g/mol. The first-order valence-corrected chi connectivity index (χ1v) is 11.5. The number of halogens is 1. The minimum absolute atomic E-state index is 0.0433. The van der Waals surface area contributed by atoms with Gasteiger partial charge in [0.2, 0.25) is 0 Å². The van der Waals surface area contributed by atoms with Gasteiger partial charge in [0.25, 0.3) is 11.8 Å². The lowest BCUT2D eigenvalue weighted by Gasteiger charge is -2.11. The van der Waals surface area contributed by atoms with Crippen molar-refractivity contribution in [3.8, 4) is 0 Å². The van der Waals surface area contributed by atoms with Crippen LogP contribution in [0.4, 0.5) is 10.1 Å². The molecular formula is C27H21FN2O3S. The standard InChI is InChI=1S/C27H21FN2O3S/c28-24-11-5-4-9-20(24)18-34-23-14-12-21(13-15-23)29-27(32)25(17-22-10-6-16-33-22)30-26(31)19-7-2-1-3-8-19/h1-17H,18H2,(H,29,32)(H,30,31)/b25-17-. The van der Waals surface area contributed by atoms with E-state index in [9.17, 15) is 14.0 Å². The van der Waals surface area contributed by atoms with Crippen molar-refractivity contribution in [2.24, 2.45) is 0 Å². The lowest BCUT2D eigenvalue weighted by atomic mass is 10.2. The monoisotopic (exact) mass is 472 g/mol. The van der Waals surface area contributed by atoms with E-state index in [-0.39, 0.29) is 11.5 Å². The van der Waals surface area contributed by atoms with Crippen LogP contribution in [-0.4, -0.2) is 11.8 Å². The van der Waals surface area contributed by atoms with Crippen molar-refractivity contribution in [2.75, 3.05) is 5.32 Å². The molecule has 0 saturated heterocycles. The van der Waals surface area contributed by atoms with Gasteiger partial charge < -0.3 is 15.1 Å². The quantitative estimate of drug-likeness (QED) is 0.239. The van der Waals surface area contributed by atoms with E-state index in [0.717, 1.165) is 4.90 Å². The lowest BCUT2D eigenvalue weighted by molar-refractivity contribution is -0.113. The van der Waals surface area contributed by atoms with Crippen molar-refractivity contribution in [3.63, 3.8) is 0 Å². The fraction of sp³-hybridized carbons (Fsp3) is 0.0370. The molecule has 0 saturated carbocycles. The Hall–Kier alpha value is -4.10. The van der Waals surface area contributed by atoms with Gasteiger partial charge in [-0.15, -0.1) is 11.8 Å². The van der Waals surface area contributed by atoms with E-state index in [2.05, 4.69) is 10.6 Å². The summed E-state index contributed by atoms with van der Waals surface area (Å²) < 4.78 is 19.1. The third-order valence-electron chi connectivity index (χ3n) is 4.82. The molecule has 0 radical (unpaired) electrons. The molecule has 4 rings (SSSR count). The minimum atomic E-state index is -0.493. The number of amides is 2. The van der Waals surface area contributed by atoms with E-state index >= 15 is 0 Å². The largest absolute Gasteiger partial charge is 0.465 e. The number of furan rings is 1. The molecule has 5 nitrogen and oxygen atoms in total. The Balaban J connectivity index is 1.43. The first-order valence-electron chi connectivity index (χ1n) is 10.5. The molecule has 0 unspecified atom stereocenters. The number of carbonyl (C=O) groups excluding carboxylic acids is 2. The third-order valence-corrected chi connectivity index (χ3v) is 5.88. The fourth-order valence-corrected chi connectivity index (χ4v) is 3.95. The number of anilines is 1. The van der Waals surface area contributed by atoms with Gasteiger partial charge in [-0.1, -0.05) is 36.4 Å². The Morgan fingerprint density at radius 2 is 1.62 bits per heavy atom. The van der Waals surface area contributed by atoms with Crippen LogP contribution in [0.3, 0.4) is 0 Å². The van der Waals surface area contributed by atoms with E-state index in [1.54, 1.807) is 66.7 Å². The van der Waals surface area contributed by atoms with Crippen molar-refractivity contribution in [1.82, 2.24) is 5.32 Å². The summed E-state index contributed by atoms with van der Waals surface area (Å²) in [6, 6.07) is 25.9. The van der Waals surface area contributed by atoms with Gasteiger partial charge in [0, 0.05) is 28.0 Å². The molecule has 7 heteroatoms. The van der Waals surface area contributed by atoms with E-state index in [4.69, 9.17) is 4.42 Å². The second-order valence-corrected chi connectivity index (χ2v) is 8.30. The summed E-state index contributed by atoms with van der Waals surface area (Å²) in [7, 11) is 0. The Bertz CT molecular complexity index is 1290. The van der Waals surface area contributed by atoms with Gasteiger partial charge in [0.1, 0.15) is 17.3 Å². The molecule has 2 amide bonds. The summed E-state index contributed by atoms with van der Waals surface area (Å²) in [5.41, 5.74) is 1.66. The van der Waals surface area contributed by atoms with Crippen LogP contribution in [0.15, 0.2) is 112 Å². The van der Waals surface area contributed by atoms with Crippen LogP contribution in [0, 0.1) is 5.82 Å². The summed E-state index contributed by atoms with van der Waals surface area (Å²) in [4.78, 5) is 26.5. The van der Waals surface area contributed by atoms with Crippen LogP contribution in [0.25, 0.3) is 6.08 Å². The first kappa shape index (κ1) is 23.1. The predicted molar refractivity (Wildman–Crippen MR) is 132 cm³/mol. The van der Waals surface area contributed by atoms with Gasteiger partial charge in [0.05, 0.1) is 6.26 Å². The number of hydrogen-bond donors (Lipinski definition) is 2. The van der Waals surface area contributed by atoms with Crippen molar-refractivity contribution >= 4 is 35.3 Å². The molecule has 170 valence electrons. The summed E-state index contributed by atoms with van der Waals surface area (Å²) in [5, 5.41) is 5.45. The van der Waals surface area contributed by atoms with Crippen molar-refractivity contribution in [3.05, 3.63) is 126 Å². The molecule has 0 fully saturated rings. The van der Waals surface area contributed by atoms with E-state index in [0.29, 0.717) is 28.3 Å². The van der Waals surface area contributed by atoms with Gasteiger partial charge in [-0.25, -0.2) is 4.39 Å². The highest BCUT2D eigenvalue weighted by Crippen LogP contribution is 2.25. The van der Waals surface area contributed by atoms with Crippen LogP contribution < -0.4 is 10.6 Å². The topological polar surface area (TPSA) is 71.3 Å². The Morgan fingerprint density at radius 3 is 2.32 bits per heavy atom. The molecule has 0 bridgehead atoms. The second-order valence-electron chi connectivity index (χ2n) is 7.25. The van der Waals surface area contributed by atoms with Gasteiger partial charge in [-0.3, -0.25) is 9.59 Å². The lowest BCUT2D eigenvalue weighted by Crippen LogP contribution is -2.30. The molecule has 0 aliphatic carbocycles. The molecule has 0 aliphatic rings. The van der Waals surface area contributed by atoms with Gasteiger partial charge in [0.15, 0.2) is 0 Å². The number of carbonyl (C=O) groups is 2. The number of thioether (sulfide) groups is 1. The molecule has 2 N–H and O–H groups in total. The highest BCUT2D eigenvalue weighted by molar-refractivity contribution is 7.98. The summed E-state index contributed by atoms with van der Waals surface area (Å²) >= 11 is 1.50. The zero-order valence-corrected chi connectivity index (χ0v) is 18.8. The Labute approximate surface area is 200 Å². The first-order chi connectivity index (χ1) is 16.6. The number of nitrogens with one attached hydrogen (secondary N) is 2. The normalized spacial score (nSPS) is 11.1. The SMILES string of the molecule is O=C(Nc1ccc(SCc2ccccc2F)cc1)/C(=C/c1ccco1)NC(=O)c1ccccc1. The Kier molecular flexibility index (Phi) is 7.57. The zero-order chi connectivity index (χ0) is 23.8. The maximum atomic E-state index is 13.8. The third kappa shape index (κ3) is 6.24. The average Bonchev–Trinajstić information content (AvgIpc) is 3.38. The van der Waals surface area contributed by atoms with Crippen LogP contribution in [0.5, 0.6) is 0 Å². The number of benzene rings is 3. The molecular weight excluding hydrogens is 451 g/mol. The van der Waals surface area contributed by atoms with Crippen molar-refractivity contribution < 1.29 is 18.4 Å². The van der Waals surface area contributed by atoms with Crippen molar-refractivity contribution in [2.45, 2.75) is 10.6 Å². The van der Waals surface area contributed by atoms with Crippen LogP contribution in [0.2, 0.25) is 0 Å². The predicted octanol–water partition coefficient (Wildman–Crippen LogP) is 6.12. The summed E-state index contributed by atoms with van der Waals surface area (Å²) in [6.45, 7) is 0. The van der Waals surface area contributed by atoms with E-state index < -0.39 is 11.8 Å². The molecule has 0 aliphatic heterocycles. The highest BCUT2D eigenvalue weighted by Gasteiger charge is 2.15. The fourth-order valence-electron chi connectivity index (χ4n) is 3.07. The van der Waals surface area contributed by atoms with Crippen molar-refractivity contribution in [1.29, 1.82) is 0 Å². The van der Waals surface area contributed by atoms with Gasteiger partial charge in [-0.05, 0) is 60.2 Å². The molecule has 1 heterocycles. The van der Waals surface area contributed by atoms with Crippen LogP contribution in [0.1, 0.15) is 21.7 Å². The summed E-state index contributed by atoms with van der Waals surface area (Å²) in [5.74, 6) is -0.202. The van der Waals surface area contributed by atoms with E-state index in [1.807, 2.05) is 18.2 Å². The molecule has 4 aromatic rings. The molecule has 0 spiro atoms. The molecule has 34 heavy (non-hydrogen) atoms. The molecule has 1 aromatic heterocycles. The van der Waals surface area contributed by atoms with Gasteiger partial charge in [-0.2, -0.15) is 0 Å². The smallest absolute Gasteiger partial charge is 0.272 e. The Morgan fingerprint density at radius 1 is 0.882 bits per heavy atom. The second kappa shape index (κ2) is 11.2. The van der Waals surface area contributed by atoms with E-state index in [1.165, 1.54) is 30.2 Å². The summed E-state index contributed by atoms with van der Waals surface area (Å²) in [6.07, 6.45) is 2.95. The maximum absolute atomic E-state index is 13.8. The highest BCUT2D eigenvalue weighted by atomic mass is 32.2. The van der Waals surface area contributed by atoms with Gasteiger partial charge >= 0.3 is 0 Å². The maximum Gasteiger partial charge on any atom is 0.272 e. The molecule has 3 aromatic carbocycles. The number of hydrogen-bond acceptors (Lipinski definition) is 4. The molecule has 0 atom stereocenters.